The molecule has 1 aromatic heterocycles. The number of hydrogen-bond donors (Lipinski definition) is 0. The summed E-state index contributed by atoms with van der Waals surface area (Å²) in [5.41, 5.74) is 4.67. The molecule has 7 nitrogen and oxygen atoms in total. The van der Waals surface area contributed by atoms with Crippen molar-refractivity contribution >= 4 is 12.3 Å². The fourth-order valence-electron chi connectivity index (χ4n) is 5.15. The maximum atomic E-state index is 4.58. The van der Waals surface area contributed by atoms with Crippen LogP contribution >= 0.6 is 0 Å². The third kappa shape index (κ3) is 5.31. The lowest BCUT2D eigenvalue weighted by Gasteiger charge is -2.41. The molecule has 1 fully saturated rings. The Morgan fingerprint density at radius 1 is 0.971 bits per heavy atom. The van der Waals surface area contributed by atoms with Crippen LogP contribution in [-0.4, -0.2) is 68.9 Å². The molecule has 0 saturated carbocycles. The summed E-state index contributed by atoms with van der Waals surface area (Å²) in [6.45, 7) is 9.20. The molecule has 1 unspecified atom stereocenters. The molecular formula is C28H33N7. The number of hydrogen-bond acceptors (Lipinski definition) is 6. The summed E-state index contributed by atoms with van der Waals surface area (Å²) in [6, 6.07) is 16.9. The first-order chi connectivity index (χ1) is 17.2. The van der Waals surface area contributed by atoms with Crippen LogP contribution < -0.4 is 0 Å². The summed E-state index contributed by atoms with van der Waals surface area (Å²) < 4.78 is 1.96. The number of aryl methyl sites for hydroxylation is 2. The van der Waals surface area contributed by atoms with Crippen LogP contribution in [0.3, 0.4) is 0 Å². The standard InChI is InChI=1S/C28H33N7/c1-22-8-6-9-23(2)26(22)35-28(30-31-32-35)27(25-13-15-29-16-14-25)34-20-18-33(19-21-34)17-7-12-24-10-4-3-5-11-24/h3-13,15-16,25,27H,14,17-21H2,1-2H3/b12-7+/t25?,27-/m0/s1. The van der Waals surface area contributed by atoms with E-state index in [1.807, 2.05) is 17.1 Å². The molecule has 0 radical (unpaired) electrons. The van der Waals surface area contributed by atoms with Crippen molar-refractivity contribution in [1.29, 1.82) is 0 Å². The van der Waals surface area contributed by atoms with E-state index < -0.39 is 0 Å². The number of piperazine rings is 1. The molecule has 2 aliphatic heterocycles. The Bertz CT molecular complexity index is 1180. The van der Waals surface area contributed by atoms with Crippen LogP contribution in [0.1, 0.15) is 35.0 Å². The summed E-state index contributed by atoms with van der Waals surface area (Å²) in [7, 11) is 0. The summed E-state index contributed by atoms with van der Waals surface area (Å²) >= 11 is 0. The largest absolute Gasteiger partial charge is 0.297 e. The van der Waals surface area contributed by atoms with Gasteiger partial charge in [0.25, 0.3) is 0 Å². The quantitative estimate of drug-likeness (QED) is 0.520. The SMILES string of the molecule is Cc1cccc(C)c1-n1nnnc1[C@H](C1C=CN=CC1)N1CCN(C/C=C/c2ccccc2)CC1. The van der Waals surface area contributed by atoms with Gasteiger partial charge in [-0.05, 0) is 47.4 Å². The first-order valence-electron chi connectivity index (χ1n) is 12.4. The maximum absolute atomic E-state index is 4.58. The second-order valence-corrected chi connectivity index (χ2v) is 9.36. The first-order valence-corrected chi connectivity index (χ1v) is 12.4. The summed E-state index contributed by atoms with van der Waals surface area (Å²) in [6.07, 6.45) is 11.5. The van der Waals surface area contributed by atoms with Crippen LogP contribution in [0.5, 0.6) is 0 Å². The Morgan fingerprint density at radius 2 is 1.74 bits per heavy atom. The minimum Gasteiger partial charge on any atom is -0.297 e. The van der Waals surface area contributed by atoms with Crippen LogP contribution in [0.15, 0.2) is 71.9 Å². The van der Waals surface area contributed by atoms with Crippen molar-refractivity contribution in [1.82, 2.24) is 30.0 Å². The van der Waals surface area contributed by atoms with E-state index in [9.17, 15) is 0 Å². The zero-order valence-electron chi connectivity index (χ0n) is 20.5. The van der Waals surface area contributed by atoms with Crippen LogP contribution in [0.4, 0.5) is 0 Å². The zero-order chi connectivity index (χ0) is 24.0. The highest BCUT2D eigenvalue weighted by Crippen LogP contribution is 2.34. The van der Waals surface area contributed by atoms with Gasteiger partial charge in [0.05, 0.1) is 11.7 Å². The smallest absolute Gasteiger partial charge is 0.174 e. The highest BCUT2D eigenvalue weighted by Gasteiger charge is 2.35. The normalized spacial score (nSPS) is 20.0. The molecule has 3 aromatic rings. The fourth-order valence-corrected chi connectivity index (χ4v) is 5.15. The minimum atomic E-state index is 0.0917. The van der Waals surface area contributed by atoms with Gasteiger partial charge < -0.3 is 0 Å². The molecule has 180 valence electrons. The summed E-state index contributed by atoms with van der Waals surface area (Å²) in [4.78, 5) is 9.39. The molecule has 0 spiro atoms. The van der Waals surface area contributed by atoms with Gasteiger partial charge in [0, 0.05) is 51.1 Å². The molecule has 0 N–H and O–H groups in total. The van der Waals surface area contributed by atoms with E-state index in [1.54, 1.807) is 0 Å². The van der Waals surface area contributed by atoms with Gasteiger partial charge >= 0.3 is 0 Å². The summed E-state index contributed by atoms with van der Waals surface area (Å²) in [5.74, 6) is 1.19. The fraction of sp³-hybridized carbons (Fsp3) is 0.357. The number of aromatic nitrogens is 4. The number of benzene rings is 2. The van der Waals surface area contributed by atoms with Gasteiger partial charge in [-0.1, -0.05) is 66.8 Å². The third-order valence-corrected chi connectivity index (χ3v) is 6.99. The van der Waals surface area contributed by atoms with Gasteiger partial charge in [-0.2, -0.15) is 4.68 Å². The topological polar surface area (TPSA) is 62.4 Å². The number of tetrazole rings is 1. The molecule has 5 rings (SSSR count). The number of rotatable bonds is 7. The summed E-state index contributed by atoms with van der Waals surface area (Å²) in [5, 5.41) is 13.2. The molecule has 0 amide bonds. The van der Waals surface area contributed by atoms with Gasteiger partial charge in [0.15, 0.2) is 5.82 Å². The highest BCUT2D eigenvalue weighted by atomic mass is 15.6. The number of aliphatic imine (C=N–C) groups is 1. The van der Waals surface area contributed by atoms with Crippen LogP contribution in [-0.2, 0) is 0 Å². The Balaban J connectivity index is 1.35. The van der Waals surface area contributed by atoms with E-state index in [0.717, 1.165) is 50.7 Å². The molecule has 2 aliphatic rings. The van der Waals surface area contributed by atoms with E-state index in [-0.39, 0.29) is 12.0 Å². The van der Waals surface area contributed by atoms with Crippen molar-refractivity contribution in [3.63, 3.8) is 0 Å². The Morgan fingerprint density at radius 3 is 2.46 bits per heavy atom. The molecule has 2 aromatic carbocycles. The molecule has 35 heavy (non-hydrogen) atoms. The Labute approximate surface area is 207 Å². The molecule has 7 heteroatoms. The van der Waals surface area contributed by atoms with Crippen molar-refractivity contribution in [2.24, 2.45) is 10.9 Å². The van der Waals surface area contributed by atoms with Crippen LogP contribution in [0.25, 0.3) is 11.8 Å². The molecule has 0 aliphatic carbocycles. The Hall–Kier alpha value is -3.42. The lowest BCUT2D eigenvalue weighted by atomic mass is 9.92. The molecule has 0 bridgehead atoms. The van der Waals surface area contributed by atoms with Crippen molar-refractivity contribution in [2.45, 2.75) is 26.3 Å². The number of nitrogens with zero attached hydrogens (tertiary/aromatic N) is 7. The maximum Gasteiger partial charge on any atom is 0.174 e. The van der Waals surface area contributed by atoms with Gasteiger partial charge in [-0.3, -0.25) is 14.8 Å². The van der Waals surface area contributed by atoms with E-state index in [0.29, 0.717) is 0 Å². The second-order valence-electron chi connectivity index (χ2n) is 9.36. The van der Waals surface area contributed by atoms with Crippen LogP contribution in [0, 0.1) is 19.8 Å². The predicted octanol–water partition coefficient (Wildman–Crippen LogP) is 4.26. The van der Waals surface area contributed by atoms with Crippen molar-refractivity contribution in [2.75, 3.05) is 32.7 Å². The van der Waals surface area contributed by atoms with Crippen LogP contribution in [0.2, 0.25) is 0 Å². The average Bonchev–Trinajstić information content (AvgIpc) is 3.35. The predicted molar refractivity (Wildman–Crippen MR) is 141 cm³/mol. The average molecular weight is 468 g/mol. The van der Waals surface area contributed by atoms with E-state index in [4.69, 9.17) is 0 Å². The van der Waals surface area contributed by atoms with Gasteiger partial charge in [0.1, 0.15) is 0 Å². The number of para-hydroxylation sites is 1. The van der Waals surface area contributed by atoms with Crippen molar-refractivity contribution in [3.05, 3.63) is 89.4 Å². The molecule has 3 heterocycles. The lowest BCUT2D eigenvalue weighted by Crippen LogP contribution is -2.49. The molecule has 2 atom stereocenters. The minimum absolute atomic E-state index is 0.0917. The van der Waals surface area contributed by atoms with Gasteiger partial charge in [-0.25, -0.2) is 0 Å². The monoisotopic (exact) mass is 467 g/mol. The van der Waals surface area contributed by atoms with Gasteiger partial charge in [0.2, 0.25) is 0 Å². The van der Waals surface area contributed by atoms with E-state index >= 15 is 0 Å². The van der Waals surface area contributed by atoms with Crippen molar-refractivity contribution in [3.8, 4) is 5.69 Å². The van der Waals surface area contributed by atoms with E-state index in [2.05, 4.69) is 111 Å². The highest BCUT2D eigenvalue weighted by molar-refractivity contribution is 5.60. The second kappa shape index (κ2) is 10.9. The lowest BCUT2D eigenvalue weighted by molar-refractivity contribution is 0.0795. The third-order valence-electron chi connectivity index (χ3n) is 6.99. The van der Waals surface area contributed by atoms with E-state index in [1.165, 1.54) is 16.7 Å². The molecule has 1 saturated heterocycles. The van der Waals surface area contributed by atoms with Gasteiger partial charge in [-0.15, -0.1) is 5.10 Å². The molecular weight excluding hydrogens is 434 g/mol. The van der Waals surface area contributed by atoms with Crippen molar-refractivity contribution < 1.29 is 0 Å². The Kier molecular flexibility index (Phi) is 7.25. The zero-order valence-corrected chi connectivity index (χ0v) is 20.5. The first kappa shape index (κ1) is 23.3.